The van der Waals surface area contributed by atoms with Crippen LogP contribution in [0.1, 0.15) is 23.7 Å². The third kappa shape index (κ3) is 2.87. The number of carboxylic acid groups (broad SMARTS) is 1. The van der Waals surface area contributed by atoms with Gasteiger partial charge in [0.15, 0.2) is 5.78 Å². The zero-order valence-corrected chi connectivity index (χ0v) is 11.9. The standard InChI is InChI=1S/C16H17NO4/c1-16(17,15(19)20)9-13(18)11-7-8-14(21-2)12-6-4-3-5-10(11)12/h3-8H,9,17H2,1-2H3,(H,19,20). The number of hydrogen-bond donors (Lipinski definition) is 2. The fourth-order valence-electron chi connectivity index (χ4n) is 2.20. The van der Waals surface area contributed by atoms with Gasteiger partial charge in [0.25, 0.3) is 0 Å². The van der Waals surface area contributed by atoms with Crippen molar-refractivity contribution in [1.29, 1.82) is 0 Å². The van der Waals surface area contributed by atoms with Crippen LogP contribution >= 0.6 is 0 Å². The molecule has 0 saturated heterocycles. The Bertz CT molecular complexity index is 706. The van der Waals surface area contributed by atoms with Crippen molar-refractivity contribution in [3.05, 3.63) is 42.0 Å². The van der Waals surface area contributed by atoms with E-state index in [2.05, 4.69) is 0 Å². The Hall–Kier alpha value is -2.40. The van der Waals surface area contributed by atoms with Crippen molar-refractivity contribution >= 4 is 22.5 Å². The van der Waals surface area contributed by atoms with Gasteiger partial charge in [0, 0.05) is 17.4 Å². The van der Waals surface area contributed by atoms with Crippen LogP contribution in [0.2, 0.25) is 0 Å². The number of carbonyl (C=O) groups excluding carboxylic acids is 1. The number of ether oxygens (including phenoxy) is 1. The summed E-state index contributed by atoms with van der Waals surface area (Å²) in [6, 6.07) is 10.7. The fourth-order valence-corrected chi connectivity index (χ4v) is 2.20. The molecule has 3 N–H and O–H groups in total. The van der Waals surface area contributed by atoms with Gasteiger partial charge < -0.3 is 15.6 Å². The van der Waals surface area contributed by atoms with Crippen molar-refractivity contribution in [2.45, 2.75) is 18.9 Å². The number of hydrogen-bond acceptors (Lipinski definition) is 4. The molecule has 21 heavy (non-hydrogen) atoms. The molecule has 0 aromatic heterocycles. The zero-order valence-electron chi connectivity index (χ0n) is 11.9. The van der Waals surface area contributed by atoms with E-state index in [1.807, 2.05) is 18.2 Å². The maximum Gasteiger partial charge on any atom is 0.323 e. The number of carbonyl (C=O) groups is 2. The molecular formula is C16H17NO4. The average molecular weight is 287 g/mol. The number of nitrogens with two attached hydrogens (primary N) is 1. The number of ketones is 1. The van der Waals surface area contributed by atoms with E-state index in [1.54, 1.807) is 25.3 Å². The smallest absolute Gasteiger partial charge is 0.323 e. The average Bonchev–Trinajstić information content (AvgIpc) is 2.45. The highest BCUT2D eigenvalue weighted by atomic mass is 16.5. The summed E-state index contributed by atoms with van der Waals surface area (Å²) in [5.41, 5.74) is 4.52. The first-order chi connectivity index (χ1) is 9.86. The van der Waals surface area contributed by atoms with E-state index in [1.165, 1.54) is 6.92 Å². The van der Waals surface area contributed by atoms with E-state index in [0.717, 1.165) is 10.8 Å². The lowest BCUT2D eigenvalue weighted by Gasteiger charge is -2.18. The van der Waals surface area contributed by atoms with Crippen LogP contribution in [0.15, 0.2) is 36.4 Å². The van der Waals surface area contributed by atoms with Gasteiger partial charge in [0.05, 0.1) is 7.11 Å². The zero-order chi connectivity index (χ0) is 15.6. The van der Waals surface area contributed by atoms with E-state index < -0.39 is 11.5 Å². The first-order valence-corrected chi connectivity index (χ1v) is 6.48. The fraction of sp³-hybridized carbons (Fsp3) is 0.250. The summed E-state index contributed by atoms with van der Waals surface area (Å²) in [6.45, 7) is 1.33. The predicted molar refractivity (Wildman–Crippen MR) is 79.7 cm³/mol. The predicted octanol–water partition coefficient (Wildman–Crippen LogP) is 2.22. The van der Waals surface area contributed by atoms with Gasteiger partial charge in [-0.3, -0.25) is 9.59 Å². The minimum absolute atomic E-state index is 0.265. The lowest BCUT2D eigenvalue weighted by molar-refractivity contribution is -0.142. The summed E-state index contributed by atoms with van der Waals surface area (Å²) < 4.78 is 5.27. The number of benzene rings is 2. The quantitative estimate of drug-likeness (QED) is 0.823. The summed E-state index contributed by atoms with van der Waals surface area (Å²) in [7, 11) is 1.56. The van der Waals surface area contributed by atoms with Crippen LogP contribution in [-0.2, 0) is 4.79 Å². The van der Waals surface area contributed by atoms with Crippen LogP contribution in [0.5, 0.6) is 5.75 Å². The van der Waals surface area contributed by atoms with Gasteiger partial charge in [0.1, 0.15) is 11.3 Å². The first-order valence-electron chi connectivity index (χ1n) is 6.48. The monoisotopic (exact) mass is 287 g/mol. The van der Waals surface area contributed by atoms with Gasteiger partial charge in [-0.05, 0) is 24.4 Å². The van der Waals surface area contributed by atoms with E-state index >= 15 is 0 Å². The SMILES string of the molecule is COc1ccc(C(=O)CC(C)(N)C(=O)O)c2ccccc12. The molecule has 0 spiro atoms. The number of fused-ring (bicyclic) bond motifs is 1. The number of Topliss-reactive ketones (excluding diaryl/α,β-unsaturated/α-hetero) is 1. The Balaban J connectivity index is 2.48. The Morgan fingerprint density at radius 1 is 1.19 bits per heavy atom. The molecule has 2 aromatic carbocycles. The molecule has 5 nitrogen and oxygen atoms in total. The molecule has 0 aliphatic carbocycles. The van der Waals surface area contributed by atoms with Gasteiger partial charge in [-0.25, -0.2) is 0 Å². The summed E-state index contributed by atoms with van der Waals surface area (Å²) in [4.78, 5) is 23.4. The molecule has 0 amide bonds. The molecule has 1 unspecified atom stereocenters. The second-order valence-electron chi connectivity index (χ2n) is 5.18. The van der Waals surface area contributed by atoms with Crippen molar-refractivity contribution in [2.75, 3.05) is 7.11 Å². The van der Waals surface area contributed by atoms with Crippen molar-refractivity contribution in [3.63, 3.8) is 0 Å². The van der Waals surface area contributed by atoms with Gasteiger partial charge in [0.2, 0.25) is 0 Å². The van der Waals surface area contributed by atoms with Crippen LogP contribution in [0.25, 0.3) is 10.8 Å². The molecule has 0 radical (unpaired) electrons. The lowest BCUT2D eigenvalue weighted by atomic mass is 9.91. The van der Waals surface area contributed by atoms with Crippen LogP contribution in [-0.4, -0.2) is 29.5 Å². The number of aliphatic carboxylic acids is 1. The van der Waals surface area contributed by atoms with Crippen molar-refractivity contribution in [3.8, 4) is 5.75 Å². The van der Waals surface area contributed by atoms with E-state index in [9.17, 15) is 9.59 Å². The summed E-state index contributed by atoms with van der Waals surface area (Å²) in [5, 5.41) is 10.6. The van der Waals surface area contributed by atoms with Gasteiger partial charge in [-0.1, -0.05) is 24.3 Å². The van der Waals surface area contributed by atoms with Crippen LogP contribution in [0.4, 0.5) is 0 Å². The third-order valence-corrected chi connectivity index (χ3v) is 3.42. The number of carboxylic acids is 1. The summed E-state index contributed by atoms with van der Waals surface area (Å²) >= 11 is 0. The van der Waals surface area contributed by atoms with Gasteiger partial charge in [-0.2, -0.15) is 0 Å². The Morgan fingerprint density at radius 3 is 2.38 bits per heavy atom. The van der Waals surface area contributed by atoms with Crippen molar-refractivity contribution < 1.29 is 19.4 Å². The maximum atomic E-state index is 12.4. The number of methoxy groups -OCH3 is 1. The lowest BCUT2D eigenvalue weighted by Crippen LogP contribution is -2.46. The molecule has 2 aromatic rings. The van der Waals surface area contributed by atoms with E-state index in [4.69, 9.17) is 15.6 Å². The normalized spacial score (nSPS) is 13.7. The van der Waals surface area contributed by atoms with Crippen molar-refractivity contribution in [1.82, 2.24) is 0 Å². The molecule has 0 saturated carbocycles. The molecule has 0 fully saturated rings. The highest BCUT2D eigenvalue weighted by Crippen LogP contribution is 2.29. The molecule has 0 aliphatic rings. The molecule has 1 atom stereocenters. The van der Waals surface area contributed by atoms with Crippen LogP contribution < -0.4 is 10.5 Å². The molecule has 110 valence electrons. The molecule has 5 heteroatoms. The van der Waals surface area contributed by atoms with Crippen LogP contribution in [0.3, 0.4) is 0 Å². The van der Waals surface area contributed by atoms with Crippen LogP contribution in [0, 0.1) is 0 Å². The Morgan fingerprint density at radius 2 is 1.81 bits per heavy atom. The molecule has 2 rings (SSSR count). The Kier molecular flexibility index (Phi) is 3.95. The summed E-state index contributed by atoms with van der Waals surface area (Å²) in [5.74, 6) is -0.842. The molecule has 0 aliphatic heterocycles. The van der Waals surface area contributed by atoms with Gasteiger partial charge >= 0.3 is 5.97 Å². The number of rotatable bonds is 5. The second-order valence-corrected chi connectivity index (χ2v) is 5.18. The largest absolute Gasteiger partial charge is 0.496 e. The van der Waals surface area contributed by atoms with E-state index in [-0.39, 0.29) is 12.2 Å². The van der Waals surface area contributed by atoms with Gasteiger partial charge in [-0.15, -0.1) is 0 Å². The maximum absolute atomic E-state index is 12.4. The van der Waals surface area contributed by atoms with E-state index in [0.29, 0.717) is 11.3 Å². The van der Waals surface area contributed by atoms with Crippen molar-refractivity contribution in [2.24, 2.45) is 5.73 Å². The molecular weight excluding hydrogens is 270 g/mol. The highest BCUT2D eigenvalue weighted by Gasteiger charge is 2.31. The minimum Gasteiger partial charge on any atom is -0.496 e. The second kappa shape index (κ2) is 5.54. The topological polar surface area (TPSA) is 89.6 Å². The highest BCUT2D eigenvalue weighted by molar-refractivity contribution is 6.10. The summed E-state index contributed by atoms with van der Waals surface area (Å²) in [6.07, 6.45) is -0.265. The first kappa shape index (κ1) is 15.0. The molecule has 0 heterocycles. The Labute approximate surface area is 122 Å². The third-order valence-electron chi connectivity index (χ3n) is 3.42. The minimum atomic E-state index is -1.59. The molecule has 0 bridgehead atoms.